The van der Waals surface area contributed by atoms with E-state index in [4.69, 9.17) is 23.7 Å². The van der Waals surface area contributed by atoms with Gasteiger partial charge in [-0.25, -0.2) is 0 Å². The zero-order valence-corrected chi connectivity index (χ0v) is 16.0. The van der Waals surface area contributed by atoms with Crippen LogP contribution in [0.1, 0.15) is 24.8 Å². The topological polar surface area (TPSA) is 63.2 Å². The fourth-order valence-electron chi connectivity index (χ4n) is 4.71. The maximum Gasteiger partial charge on any atom is 0.313 e. The average Bonchev–Trinajstić information content (AvgIpc) is 3.02. The Hall–Kier alpha value is -1.89. The highest BCUT2D eigenvalue weighted by Crippen LogP contribution is 2.54. The summed E-state index contributed by atoms with van der Waals surface area (Å²) in [6, 6.07) is 7.82. The number of rotatable bonds is 6. The van der Waals surface area contributed by atoms with Crippen LogP contribution in [0.25, 0.3) is 0 Å². The summed E-state index contributed by atoms with van der Waals surface area (Å²) in [5.74, 6) is -0.478. The molecule has 2 saturated heterocycles. The largest absolute Gasteiger partial charge is 0.497 e. The molecule has 0 aromatic heterocycles. The first kappa shape index (κ1) is 18.5. The lowest BCUT2D eigenvalue weighted by Crippen LogP contribution is -2.48. The molecule has 27 heavy (non-hydrogen) atoms. The van der Waals surface area contributed by atoms with E-state index in [1.54, 1.807) is 14.2 Å². The summed E-state index contributed by atoms with van der Waals surface area (Å²) in [7, 11) is 4.71. The van der Waals surface area contributed by atoms with Crippen molar-refractivity contribution in [3.63, 3.8) is 0 Å². The van der Waals surface area contributed by atoms with Crippen LogP contribution in [0.3, 0.4) is 0 Å². The number of methoxy groups -OCH3 is 3. The Morgan fingerprint density at radius 2 is 2.00 bits per heavy atom. The highest BCUT2D eigenvalue weighted by atomic mass is 16.7. The van der Waals surface area contributed by atoms with Crippen molar-refractivity contribution in [1.82, 2.24) is 0 Å². The number of ether oxygens (including phenoxy) is 5. The van der Waals surface area contributed by atoms with Gasteiger partial charge in [-0.3, -0.25) is 4.79 Å². The molecule has 0 amide bonds. The van der Waals surface area contributed by atoms with Crippen molar-refractivity contribution < 1.29 is 28.5 Å². The first-order valence-corrected chi connectivity index (χ1v) is 9.37. The quantitative estimate of drug-likeness (QED) is 0.564. The molecule has 1 aliphatic carbocycles. The highest BCUT2D eigenvalue weighted by Gasteiger charge is 2.63. The van der Waals surface area contributed by atoms with Crippen LogP contribution in [-0.2, 0) is 30.3 Å². The number of fused-ring (bicyclic) bond motifs is 1. The molecule has 0 radical (unpaired) electrons. The van der Waals surface area contributed by atoms with Gasteiger partial charge in [0.25, 0.3) is 0 Å². The van der Waals surface area contributed by atoms with Crippen LogP contribution >= 0.6 is 0 Å². The number of hydrogen-bond acceptors (Lipinski definition) is 6. The Morgan fingerprint density at radius 3 is 2.67 bits per heavy atom. The number of benzene rings is 1. The second kappa shape index (κ2) is 7.26. The molecule has 0 saturated carbocycles. The Morgan fingerprint density at radius 1 is 1.22 bits per heavy atom. The summed E-state index contributed by atoms with van der Waals surface area (Å²) in [5, 5.41) is 0. The van der Waals surface area contributed by atoms with Crippen molar-refractivity contribution >= 4 is 5.97 Å². The van der Waals surface area contributed by atoms with Gasteiger partial charge in [0.15, 0.2) is 5.79 Å². The van der Waals surface area contributed by atoms with Gasteiger partial charge in [0.1, 0.15) is 11.9 Å². The fraction of sp³-hybridized carbons (Fsp3) is 0.571. The second-order valence-electron chi connectivity index (χ2n) is 7.36. The molecule has 6 heteroatoms. The molecule has 1 aromatic carbocycles. The third-order valence-corrected chi connectivity index (χ3v) is 6.06. The number of carbonyl (C=O) groups excluding carboxylic acids is 1. The van der Waals surface area contributed by atoms with Crippen molar-refractivity contribution in [3.8, 4) is 5.75 Å². The SMILES string of the molecule is COC(=O)[C@@H]1C[C@@]2(OC)O[C@H]3C1=CCC[C@@H]3[C@H]2OCc1ccc(OC)cc1. The van der Waals surface area contributed by atoms with E-state index in [2.05, 4.69) is 6.08 Å². The van der Waals surface area contributed by atoms with Gasteiger partial charge >= 0.3 is 5.97 Å². The molecule has 2 fully saturated rings. The molecule has 2 aliphatic heterocycles. The normalized spacial score (nSPS) is 34.1. The fourth-order valence-corrected chi connectivity index (χ4v) is 4.71. The molecule has 4 rings (SSSR count). The van der Waals surface area contributed by atoms with Crippen LogP contribution in [0, 0.1) is 11.8 Å². The van der Waals surface area contributed by atoms with Crippen LogP contribution in [0.4, 0.5) is 0 Å². The summed E-state index contributed by atoms with van der Waals surface area (Å²) >= 11 is 0. The van der Waals surface area contributed by atoms with E-state index in [-0.39, 0.29) is 30.0 Å². The number of esters is 1. The molecule has 6 nitrogen and oxygen atoms in total. The number of hydrogen-bond donors (Lipinski definition) is 0. The van der Waals surface area contributed by atoms with Crippen molar-refractivity contribution in [1.29, 1.82) is 0 Å². The van der Waals surface area contributed by atoms with Crippen molar-refractivity contribution in [2.45, 2.75) is 43.9 Å². The highest BCUT2D eigenvalue weighted by molar-refractivity contribution is 5.76. The Balaban J connectivity index is 1.57. The van der Waals surface area contributed by atoms with Gasteiger partial charge in [-0.05, 0) is 36.1 Å². The maximum absolute atomic E-state index is 12.4. The minimum atomic E-state index is -0.914. The molecule has 2 bridgehead atoms. The Bertz CT molecular complexity index is 727. The average molecular weight is 374 g/mol. The van der Waals surface area contributed by atoms with E-state index in [9.17, 15) is 4.79 Å². The number of carbonyl (C=O) groups is 1. The van der Waals surface area contributed by atoms with E-state index in [1.807, 2.05) is 24.3 Å². The summed E-state index contributed by atoms with van der Waals surface area (Å²) in [5.41, 5.74) is 2.08. The van der Waals surface area contributed by atoms with Gasteiger partial charge in [0, 0.05) is 19.4 Å². The molecule has 0 unspecified atom stereocenters. The third kappa shape index (κ3) is 3.06. The molecule has 3 aliphatic rings. The number of allylic oxidation sites excluding steroid dienone is 1. The molecular formula is C21H26O6. The monoisotopic (exact) mass is 374 g/mol. The van der Waals surface area contributed by atoms with Crippen LogP contribution in [-0.4, -0.2) is 45.3 Å². The van der Waals surface area contributed by atoms with Crippen molar-refractivity contribution in [2.24, 2.45) is 11.8 Å². The van der Waals surface area contributed by atoms with Gasteiger partial charge in [-0.1, -0.05) is 18.2 Å². The summed E-state index contributed by atoms with van der Waals surface area (Å²) < 4.78 is 28.7. The van der Waals surface area contributed by atoms with E-state index >= 15 is 0 Å². The Kier molecular flexibility index (Phi) is 4.97. The molecule has 0 N–H and O–H groups in total. The predicted molar refractivity (Wildman–Crippen MR) is 97.1 cm³/mol. The minimum Gasteiger partial charge on any atom is -0.497 e. The van der Waals surface area contributed by atoms with E-state index in [1.165, 1.54) is 7.11 Å². The van der Waals surface area contributed by atoms with Gasteiger partial charge < -0.3 is 23.7 Å². The van der Waals surface area contributed by atoms with E-state index < -0.39 is 5.79 Å². The predicted octanol–water partition coefficient (Wildman–Crippen LogP) is 2.85. The van der Waals surface area contributed by atoms with Crippen LogP contribution in [0.2, 0.25) is 0 Å². The van der Waals surface area contributed by atoms with Crippen LogP contribution in [0.5, 0.6) is 5.75 Å². The second-order valence-corrected chi connectivity index (χ2v) is 7.36. The molecular weight excluding hydrogens is 348 g/mol. The molecule has 5 atom stereocenters. The lowest BCUT2D eigenvalue weighted by Gasteiger charge is -2.39. The molecule has 146 valence electrons. The van der Waals surface area contributed by atoms with E-state index in [0.717, 1.165) is 29.7 Å². The first-order chi connectivity index (χ1) is 13.1. The standard InChI is InChI=1S/C21H26O6/c1-23-14-9-7-13(8-10-14)12-26-19-16-6-4-5-15-17(20(22)24-2)11-21(19,25-3)27-18(15)16/h5,7-10,16-19H,4,6,11-12H2,1-3H3/t16-,17+,18-,19+,21+/m0/s1. The lowest BCUT2D eigenvalue weighted by atomic mass is 9.81. The summed E-state index contributed by atoms with van der Waals surface area (Å²) in [4.78, 5) is 12.4. The third-order valence-electron chi connectivity index (χ3n) is 6.06. The maximum atomic E-state index is 12.4. The van der Waals surface area contributed by atoms with Gasteiger partial charge in [-0.2, -0.15) is 0 Å². The zero-order valence-electron chi connectivity index (χ0n) is 16.0. The van der Waals surface area contributed by atoms with Gasteiger partial charge in [0.05, 0.1) is 32.8 Å². The molecule has 0 spiro atoms. The zero-order chi connectivity index (χ0) is 19.0. The summed E-state index contributed by atoms with van der Waals surface area (Å²) in [6.45, 7) is 0.453. The van der Waals surface area contributed by atoms with Gasteiger partial charge in [-0.15, -0.1) is 0 Å². The van der Waals surface area contributed by atoms with Crippen molar-refractivity contribution in [3.05, 3.63) is 41.5 Å². The van der Waals surface area contributed by atoms with Crippen LogP contribution in [0.15, 0.2) is 35.9 Å². The van der Waals surface area contributed by atoms with E-state index in [0.29, 0.717) is 13.0 Å². The van der Waals surface area contributed by atoms with Crippen LogP contribution < -0.4 is 4.74 Å². The molecule has 1 aromatic rings. The summed E-state index contributed by atoms with van der Waals surface area (Å²) in [6.07, 6.45) is 4.05. The lowest BCUT2D eigenvalue weighted by molar-refractivity contribution is -0.269. The molecule has 2 heterocycles. The first-order valence-electron chi connectivity index (χ1n) is 9.37. The minimum absolute atomic E-state index is 0.141. The van der Waals surface area contributed by atoms with Gasteiger partial charge in [0.2, 0.25) is 0 Å². The Labute approximate surface area is 159 Å². The van der Waals surface area contributed by atoms with Crippen molar-refractivity contribution in [2.75, 3.05) is 21.3 Å². The smallest absolute Gasteiger partial charge is 0.313 e.